The summed E-state index contributed by atoms with van der Waals surface area (Å²) in [4.78, 5) is 0. The van der Waals surface area contributed by atoms with Crippen LogP contribution in [0.15, 0.2) is 18.2 Å². The Kier molecular flexibility index (Phi) is 4.58. The van der Waals surface area contributed by atoms with Gasteiger partial charge in [-0.05, 0) is 36.1 Å². The molecule has 96 valence electrons. The first kappa shape index (κ1) is 14.0. The van der Waals surface area contributed by atoms with Gasteiger partial charge in [0, 0.05) is 6.04 Å². The van der Waals surface area contributed by atoms with Gasteiger partial charge in [0.1, 0.15) is 5.75 Å². The van der Waals surface area contributed by atoms with Crippen molar-refractivity contribution in [3.63, 3.8) is 0 Å². The number of benzene rings is 1. The first-order valence-electron chi connectivity index (χ1n) is 6.28. The molecule has 0 aromatic heterocycles. The zero-order valence-electron chi connectivity index (χ0n) is 11.9. The Balaban J connectivity index is 3.10. The Morgan fingerprint density at radius 3 is 2.41 bits per heavy atom. The monoisotopic (exact) mass is 235 g/mol. The highest BCUT2D eigenvalue weighted by atomic mass is 16.5. The first-order chi connectivity index (χ1) is 7.90. The second kappa shape index (κ2) is 5.54. The summed E-state index contributed by atoms with van der Waals surface area (Å²) in [6.07, 6.45) is 0. The van der Waals surface area contributed by atoms with Crippen molar-refractivity contribution in [1.82, 2.24) is 5.32 Å². The third-order valence-electron chi connectivity index (χ3n) is 3.04. The molecule has 1 rings (SSSR count). The SMILES string of the molecule is CCNC(c1ccc(C)c(OC)c1)C(C)(C)C. The van der Waals surface area contributed by atoms with Crippen LogP contribution >= 0.6 is 0 Å². The van der Waals surface area contributed by atoms with Crippen LogP contribution in [-0.2, 0) is 0 Å². The molecule has 2 heteroatoms. The maximum absolute atomic E-state index is 5.40. The predicted octanol–water partition coefficient (Wildman–Crippen LogP) is 3.70. The van der Waals surface area contributed by atoms with Crippen molar-refractivity contribution in [2.45, 2.75) is 40.7 Å². The van der Waals surface area contributed by atoms with Crippen LogP contribution in [0, 0.1) is 12.3 Å². The molecule has 1 unspecified atom stereocenters. The quantitative estimate of drug-likeness (QED) is 0.859. The maximum Gasteiger partial charge on any atom is 0.122 e. The Labute approximate surface area is 105 Å². The predicted molar refractivity (Wildman–Crippen MR) is 73.6 cm³/mol. The molecule has 0 spiro atoms. The van der Waals surface area contributed by atoms with Gasteiger partial charge in [-0.3, -0.25) is 0 Å². The van der Waals surface area contributed by atoms with Gasteiger partial charge in [0.05, 0.1) is 7.11 Å². The first-order valence-corrected chi connectivity index (χ1v) is 6.28. The van der Waals surface area contributed by atoms with E-state index in [1.165, 1.54) is 11.1 Å². The molecule has 0 saturated heterocycles. The molecule has 0 heterocycles. The molecule has 0 aliphatic heterocycles. The van der Waals surface area contributed by atoms with Crippen molar-refractivity contribution in [2.75, 3.05) is 13.7 Å². The summed E-state index contributed by atoms with van der Waals surface area (Å²) in [5, 5.41) is 3.55. The van der Waals surface area contributed by atoms with E-state index in [4.69, 9.17) is 4.74 Å². The summed E-state index contributed by atoms with van der Waals surface area (Å²) >= 11 is 0. The Morgan fingerprint density at radius 1 is 1.29 bits per heavy atom. The number of hydrogen-bond donors (Lipinski definition) is 1. The van der Waals surface area contributed by atoms with Crippen molar-refractivity contribution in [3.05, 3.63) is 29.3 Å². The Hall–Kier alpha value is -1.02. The molecular weight excluding hydrogens is 210 g/mol. The highest BCUT2D eigenvalue weighted by Crippen LogP contribution is 2.34. The molecule has 0 radical (unpaired) electrons. The van der Waals surface area contributed by atoms with E-state index < -0.39 is 0 Å². The van der Waals surface area contributed by atoms with Gasteiger partial charge in [0.25, 0.3) is 0 Å². The fourth-order valence-electron chi connectivity index (χ4n) is 2.14. The largest absolute Gasteiger partial charge is 0.496 e. The highest BCUT2D eigenvalue weighted by molar-refractivity contribution is 5.38. The van der Waals surface area contributed by atoms with Gasteiger partial charge < -0.3 is 10.1 Å². The molecule has 0 bridgehead atoms. The van der Waals surface area contributed by atoms with Gasteiger partial charge >= 0.3 is 0 Å². The van der Waals surface area contributed by atoms with E-state index in [9.17, 15) is 0 Å². The average molecular weight is 235 g/mol. The van der Waals surface area contributed by atoms with Crippen molar-refractivity contribution in [3.8, 4) is 5.75 Å². The molecule has 2 nitrogen and oxygen atoms in total. The minimum atomic E-state index is 0.191. The van der Waals surface area contributed by atoms with Gasteiger partial charge in [-0.2, -0.15) is 0 Å². The third-order valence-corrected chi connectivity index (χ3v) is 3.04. The Morgan fingerprint density at radius 2 is 1.94 bits per heavy atom. The number of ether oxygens (including phenoxy) is 1. The highest BCUT2D eigenvalue weighted by Gasteiger charge is 2.25. The number of hydrogen-bond acceptors (Lipinski definition) is 2. The van der Waals surface area contributed by atoms with Crippen LogP contribution in [0.3, 0.4) is 0 Å². The second-order valence-electron chi connectivity index (χ2n) is 5.59. The van der Waals surface area contributed by atoms with Crippen LogP contribution in [0.1, 0.15) is 44.9 Å². The topological polar surface area (TPSA) is 21.3 Å². The lowest BCUT2D eigenvalue weighted by atomic mass is 9.82. The zero-order valence-corrected chi connectivity index (χ0v) is 11.9. The van der Waals surface area contributed by atoms with Crippen LogP contribution in [0.2, 0.25) is 0 Å². The van der Waals surface area contributed by atoms with E-state index in [0.717, 1.165) is 12.3 Å². The fraction of sp³-hybridized carbons (Fsp3) is 0.600. The second-order valence-corrected chi connectivity index (χ2v) is 5.59. The minimum absolute atomic E-state index is 0.191. The molecule has 1 N–H and O–H groups in total. The molecule has 1 aromatic rings. The number of aryl methyl sites for hydroxylation is 1. The minimum Gasteiger partial charge on any atom is -0.496 e. The summed E-state index contributed by atoms with van der Waals surface area (Å²) in [6.45, 7) is 12.0. The van der Waals surface area contributed by atoms with Crippen molar-refractivity contribution >= 4 is 0 Å². The van der Waals surface area contributed by atoms with Gasteiger partial charge in [-0.15, -0.1) is 0 Å². The molecule has 1 atom stereocenters. The van der Waals surface area contributed by atoms with E-state index in [1.54, 1.807) is 7.11 Å². The van der Waals surface area contributed by atoms with Gasteiger partial charge in [-0.1, -0.05) is 39.8 Å². The lowest BCUT2D eigenvalue weighted by molar-refractivity contribution is 0.276. The molecule has 0 fully saturated rings. The van der Waals surface area contributed by atoms with E-state index in [0.29, 0.717) is 6.04 Å². The van der Waals surface area contributed by atoms with Crippen molar-refractivity contribution in [1.29, 1.82) is 0 Å². The zero-order chi connectivity index (χ0) is 13.1. The molecule has 0 amide bonds. The Bertz CT molecular complexity index is 366. The van der Waals surface area contributed by atoms with Crippen LogP contribution < -0.4 is 10.1 Å². The van der Waals surface area contributed by atoms with E-state index >= 15 is 0 Å². The third kappa shape index (κ3) is 3.47. The molecule has 1 aromatic carbocycles. The summed E-state index contributed by atoms with van der Waals surface area (Å²) in [5.74, 6) is 0.967. The van der Waals surface area contributed by atoms with Gasteiger partial charge in [-0.25, -0.2) is 0 Å². The summed E-state index contributed by atoms with van der Waals surface area (Å²) in [6, 6.07) is 6.82. The van der Waals surface area contributed by atoms with Gasteiger partial charge in [0.2, 0.25) is 0 Å². The normalized spacial score (nSPS) is 13.5. The van der Waals surface area contributed by atoms with Crippen LogP contribution in [0.25, 0.3) is 0 Å². The molecule has 0 aliphatic rings. The lowest BCUT2D eigenvalue weighted by Crippen LogP contribution is -2.32. The number of rotatable bonds is 4. The van der Waals surface area contributed by atoms with Crippen LogP contribution in [0.5, 0.6) is 5.75 Å². The molecule has 17 heavy (non-hydrogen) atoms. The van der Waals surface area contributed by atoms with Crippen LogP contribution in [0.4, 0.5) is 0 Å². The standard InChI is InChI=1S/C15H25NO/c1-7-16-14(15(3,4)5)12-9-8-11(2)13(10-12)17-6/h8-10,14,16H,7H2,1-6H3. The fourth-order valence-corrected chi connectivity index (χ4v) is 2.14. The maximum atomic E-state index is 5.40. The van der Waals surface area contributed by atoms with E-state index in [2.05, 4.69) is 58.1 Å². The number of nitrogens with one attached hydrogen (secondary N) is 1. The average Bonchev–Trinajstić information content (AvgIpc) is 2.25. The number of methoxy groups -OCH3 is 1. The van der Waals surface area contributed by atoms with Crippen molar-refractivity contribution in [2.24, 2.45) is 5.41 Å². The van der Waals surface area contributed by atoms with Gasteiger partial charge in [0.15, 0.2) is 0 Å². The smallest absolute Gasteiger partial charge is 0.122 e. The summed E-state index contributed by atoms with van der Waals surface area (Å²) < 4.78 is 5.40. The lowest BCUT2D eigenvalue weighted by Gasteiger charge is -2.32. The van der Waals surface area contributed by atoms with Crippen molar-refractivity contribution < 1.29 is 4.74 Å². The molecule has 0 saturated carbocycles. The summed E-state index contributed by atoms with van der Waals surface area (Å²) in [5.41, 5.74) is 2.67. The molecular formula is C15H25NO. The molecule has 0 aliphatic carbocycles. The van der Waals surface area contributed by atoms with E-state index in [1.807, 2.05) is 0 Å². The van der Waals surface area contributed by atoms with Crippen LogP contribution in [-0.4, -0.2) is 13.7 Å². The van der Waals surface area contributed by atoms with E-state index in [-0.39, 0.29) is 5.41 Å². The summed E-state index contributed by atoms with van der Waals surface area (Å²) in [7, 11) is 1.73.